The molecule has 1 aliphatic rings. The Hall–Kier alpha value is -1.68. The van der Waals surface area contributed by atoms with Gasteiger partial charge >= 0.3 is 0 Å². The van der Waals surface area contributed by atoms with E-state index in [1.165, 1.54) is 11.1 Å². The van der Waals surface area contributed by atoms with E-state index in [2.05, 4.69) is 85.2 Å². The Morgan fingerprint density at radius 3 is 2.20 bits per heavy atom. The summed E-state index contributed by atoms with van der Waals surface area (Å²) < 4.78 is 0. The first-order valence-electron chi connectivity index (χ1n) is 9.43. The fourth-order valence-electron chi connectivity index (χ4n) is 3.70. The van der Waals surface area contributed by atoms with Gasteiger partial charge in [0.2, 0.25) is 0 Å². The van der Waals surface area contributed by atoms with E-state index in [1.54, 1.807) is 0 Å². The van der Waals surface area contributed by atoms with E-state index in [9.17, 15) is 5.11 Å². The molecule has 1 unspecified atom stereocenters. The van der Waals surface area contributed by atoms with E-state index >= 15 is 0 Å². The Labute approximate surface area is 153 Å². The first-order valence-corrected chi connectivity index (χ1v) is 9.43. The molecule has 0 saturated carbocycles. The quantitative estimate of drug-likeness (QED) is 0.690. The molecule has 0 aliphatic heterocycles. The predicted molar refractivity (Wildman–Crippen MR) is 107 cm³/mol. The number of hydrogen-bond donors (Lipinski definition) is 1. The third-order valence-electron chi connectivity index (χ3n) is 5.06. The maximum absolute atomic E-state index is 9.49. The lowest BCUT2D eigenvalue weighted by molar-refractivity contribution is -0.0210. The summed E-state index contributed by atoms with van der Waals surface area (Å²) in [5.41, 5.74) is 2.32. The van der Waals surface area contributed by atoms with E-state index < -0.39 is 0 Å². The van der Waals surface area contributed by atoms with Crippen molar-refractivity contribution in [3.63, 3.8) is 0 Å². The average Bonchev–Trinajstić information content (AvgIpc) is 2.67. The minimum absolute atomic E-state index is 0.134. The Kier molecular flexibility index (Phi) is 7.63. The lowest BCUT2D eigenvalue weighted by atomic mass is 9.92. The van der Waals surface area contributed by atoms with Crippen LogP contribution in [0.4, 0.5) is 0 Å². The molecule has 0 saturated heterocycles. The number of likely N-dealkylation sites (N-methyl/N-ethyl adjacent to an activating group) is 2. The summed E-state index contributed by atoms with van der Waals surface area (Å²) in [6.45, 7) is 10.4. The van der Waals surface area contributed by atoms with Gasteiger partial charge in [0.25, 0.3) is 0 Å². The second-order valence-corrected chi connectivity index (χ2v) is 6.34. The van der Waals surface area contributed by atoms with E-state index in [1.807, 2.05) is 6.07 Å². The molecular weight excluding hydrogens is 308 g/mol. The monoisotopic (exact) mass is 340 g/mol. The van der Waals surface area contributed by atoms with Crippen LogP contribution in [0.15, 0.2) is 60.2 Å². The van der Waals surface area contributed by atoms with Crippen LogP contribution in [0.2, 0.25) is 0 Å². The Morgan fingerprint density at radius 1 is 1.00 bits per heavy atom. The van der Waals surface area contributed by atoms with Crippen LogP contribution in [-0.4, -0.2) is 53.4 Å². The van der Waals surface area contributed by atoms with E-state index in [4.69, 9.17) is 0 Å². The molecular formula is C22H32N2O. The van der Waals surface area contributed by atoms with Gasteiger partial charge < -0.3 is 5.11 Å². The third kappa shape index (κ3) is 4.69. The van der Waals surface area contributed by atoms with Crippen LogP contribution < -0.4 is 0 Å². The smallest absolute Gasteiger partial charge is 0.0968 e. The summed E-state index contributed by atoms with van der Waals surface area (Å²) in [6.07, 6.45) is 12.1. The highest BCUT2D eigenvalue weighted by Gasteiger charge is 2.38. The standard InChI is InChI=1S/C22H32N2O/c1-4-23(5-2)22(24(6-3)18-19-25)16-14-21(15-17-22)13-12-20-10-8-7-9-11-20/h7-16,25H,4-6,17-19H2,1-3H3/b13-12+. The zero-order valence-electron chi connectivity index (χ0n) is 15.9. The molecule has 1 aromatic rings. The van der Waals surface area contributed by atoms with Gasteiger partial charge in [-0.15, -0.1) is 0 Å². The predicted octanol–water partition coefficient (Wildman–Crippen LogP) is 3.94. The normalized spacial score (nSPS) is 20.6. The fraction of sp³-hybridized carbons (Fsp3) is 0.455. The van der Waals surface area contributed by atoms with Crippen LogP contribution in [0.25, 0.3) is 6.08 Å². The molecule has 0 aromatic heterocycles. The summed E-state index contributed by atoms with van der Waals surface area (Å²) in [5, 5.41) is 9.49. The molecule has 0 radical (unpaired) electrons. The summed E-state index contributed by atoms with van der Waals surface area (Å²) in [6, 6.07) is 10.4. The number of aliphatic hydroxyl groups is 1. The third-order valence-corrected chi connectivity index (χ3v) is 5.06. The maximum atomic E-state index is 9.49. The van der Waals surface area contributed by atoms with Crippen molar-refractivity contribution in [2.45, 2.75) is 32.9 Å². The molecule has 1 aliphatic carbocycles. The van der Waals surface area contributed by atoms with Crippen molar-refractivity contribution in [1.82, 2.24) is 9.80 Å². The van der Waals surface area contributed by atoms with Crippen LogP contribution in [0.5, 0.6) is 0 Å². The van der Waals surface area contributed by atoms with Crippen LogP contribution in [0, 0.1) is 0 Å². The van der Waals surface area contributed by atoms with E-state index in [0.29, 0.717) is 6.54 Å². The number of allylic oxidation sites excluding steroid dienone is 3. The van der Waals surface area contributed by atoms with Gasteiger partial charge in [-0.2, -0.15) is 0 Å². The van der Waals surface area contributed by atoms with Gasteiger partial charge in [0.05, 0.1) is 12.3 Å². The molecule has 0 fully saturated rings. The van der Waals surface area contributed by atoms with Crippen molar-refractivity contribution in [3.05, 3.63) is 65.8 Å². The summed E-state index contributed by atoms with van der Waals surface area (Å²) in [7, 11) is 0. The van der Waals surface area contributed by atoms with Gasteiger partial charge in [-0.1, -0.05) is 75.4 Å². The topological polar surface area (TPSA) is 26.7 Å². The number of hydrogen-bond acceptors (Lipinski definition) is 3. The van der Waals surface area contributed by atoms with Gasteiger partial charge in [0.1, 0.15) is 0 Å². The minimum atomic E-state index is -0.134. The maximum Gasteiger partial charge on any atom is 0.0968 e. The molecule has 136 valence electrons. The summed E-state index contributed by atoms with van der Waals surface area (Å²) in [4.78, 5) is 4.86. The molecule has 1 N–H and O–H groups in total. The zero-order valence-corrected chi connectivity index (χ0v) is 15.9. The van der Waals surface area contributed by atoms with Crippen LogP contribution >= 0.6 is 0 Å². The first-order chi connectivity index (χ1) is 12.2. The Balaban J connectivity index is 2.21. The van der Waals surface area contributed by atoms with Crippen molar-refractivity contribution in [2.24, 2.45) is 0 Å². The molecule has 0 heterocycles. The van der Waals surface area contributed by atoms with Crippen molar-refractivity contribution < 1.29 is 5.11 Å². The fourth-order valence-corrected chi connectivity index (χ4v) is 3.70. The largest absolute Gasteiger partial charge is 0.395 e. The lowest BCUT2D eigenvalue weighted by Crippen LogP contribution is -2.60. The second-order valence-electron chi connectivity index (χ2n) is 6.34. The average molecular weight is 341 g/mol. The highest BCUT2D eigenvalue weighted by atomic mass is 16.3. The number of aliphatic hydroxyl groups excluding tert-OH is 1. The van der Waals surface area contributed by atoms with Crippen LogP contribution in [0.1, 0.15) is 32.8 Å². The highest BCUT2D eigenvalue weighted by Crippen LogP contribution is 2.31. The molecule has 3 nitrogen and oxygen atoms in total. The lowest BCUT2D eigenvalue weighted by Gasteiger charge is -2.49. The van der Waals surface area contributed by atoms with Crippen molar-refractivity contribution in [3.8, 4) is 0 Å². The minimum Gasteiger partial charge on any atom is -0.395 e. The summed E-state index contributed by atoms with van der Waals surface area (Å²) in [5.74, 6) is 0. The Bertz CT molecular complexity index is 602. The van der Waals surface area contributed by atoms with E-state index in [-0.39, 0.29) is 12.3 Å². The van der Waals surface area contributed by atoms with Crippen LogP contribution in [0.3, 0.4) is 0 Å². The first kappa shape index (κ1) is 19.6. The van der Waals surface area contributed by atoms with Gasteiger partial charge in [-0.25, -0.2) is 0 Å². The number of benzene rings is 1. The number of rotatable bonds is 9. The van der Waals surface area contributed by atoms with Crippen molar-refractivity contribution >= 4 is 6.08 Å². The molecule has 1 aromatic carbocycles. The SMILES string of the molecule is CCN(CC)C1(N(CC)CCO)C=CC(/C=C/c2ccccc2)=CC1. The van der Waals surface area contributed by atoms with E-state index in [0.717, 1.165) is 26.1 Å². The van der Waals surface area contributed by atoms with Crippen molar-refractivity contribution in [1.29, 1.82) is 0 Å². The molecule has 0 spiro atoms. The zero-order chi connectivity index (χ0) is 18.1. The van der Waals surface area contributed by atoms with Crippen molar-refractivity contribution in [2.75, 3.05) is 32.8 Å². The molecule has 0 bridgehead atoms. The van der Waals surface area contributed by atoms with Gasteiger partial charge in [-0.3, -0.25) is 9.80 Å². The summed E-state index contributed by atoms with van der Waals surface area (Å²) >= 11 is 0. The van der Waals surface area contributed by atoms with Crippen LogP contribution in [-0.2, 0) is 0 Å². The molecule has 3 heteroatoms. The Morgan fingerprint density at radius 2 is 1.68 bits per heavy atom. The molecule has 1 atom stereocenters. The number of nitrogens with zero attached hydrogens (tertiary/aromatic N) is 2. The van der Waals surface area contributed by atoms with Gasteiger partial charge in [-0.05, 0) is 36.8 Å². The molecule has 25 heavy (non-hydrogen) atoms. The second kappa shape index (κ2) is 9.71. The van der Waals surface area contributed by atoms with Gasteiger partial charge in [0, 0.05) is 13.0 Å². The van der Waals surface area contributed by atoms with Gasteiger partial charge in [0.15, 0.2) is 0 Å². The highest BCUT2D eigenvalue weighted by molar-refractivity contribution is 5.55. The molecule has 0 amide bonds. The molecule has 2 rings (SSSR count).